The van der Waals surface area contributed by atoms with Gasteiger partial charge < -0.3 is 10.2 Å². The molecule has 22 heavy (non-hydrogen) atoms. The fourth-order valence-corrected chi connectivity index (χ4v) is 2.58. The number of aryl methyl sites for hydroxylation is 1. The smallest absolute Gasteiger partial charge is 0.255 e. The molecule has 0 radical (unpaired) electrons. The van der Waals surface area contributed by atoms with E-state index in [1.807, 2.05) is 43.3 Å². The highest BCUT2D eigenvalue weighted by Gasteiger charge is 2.22. The molecule has 1 saturated heterocycles. The largest absolute Gasteiger partial charge is 0.322 e. The molecular weight excluding hydrogens is 276 g/mol. The monoisotopic (exact) mass is 294 g/mol. The maximum atomic E-state index is 12.3. The molecule has 0 unspecified atom stereocenters. The van der Waals surface area contributed by atoms with Gasteiger partial charge in [-0.25, -0.2) is 0 Å². The van der Waals surface area contributed by atoms with E-state index in [0.29, 0.717) is 12.0 Å². The van der Waals surface area contributed by atoms with E-state index in [1.165, 1.54) is 0 Å². The first-order valence-electron chi connectivity index (χ1n) is 7.42. The molecule has 3 rings (SSSR count). The van der Waals surface area contributed by atoms with Crippen LogP contribution in [-0.4, -0.2) is 18.4 Å². The Kier molecular flexibility index (Phi) is 3.92. The Morgan fingerprint density at radius 2 is 1.91 bits per heavy atom. The number of carbonyl (C=O) groups is 2. The van der Waals surface area contributed by atoms with Crippen LogP contribution in [0, 0.1) is 6.92 Å². The average Bonchev–Trinajstić information content (AvgIpc) is 2.96. The van der Waals surface area contributed by atoms with Crippen molar-refractivity contribution in [1.29, 1.82) is 0 Å². The van der Waals surface area contributed by atoms with Crippen LogP contribution >= 0.6 is 0 Å². The number of hydrogen-bond donors (Lipinski definition) is 1. The van der Waals surface area contributed by atoms with Gasteiger partial charge in [-0.3, -0.25) is 9.59 Å². The van der Waals surface area contributed by atoms with Crippen molar-refractivity contribution in [3.8, 4) is 0 Å². The summed E-state index contributed by atoms with van der Waals surface area (Å²) in [7, 11) is 0. The topological polar surface area (TPSA) is 49.4 Å². The number of amides is 2. The zero-order chi connectivity index (χ0) is 15.5. The Labute approximate surface area is 129 Å². The number of nitrogens with one attached hydrogen (secondary N) is 1. The molecule has 2 amide bonds. The van der Waals surface area contributed by atoms with Gasteiger partial charge in [0, 0.05) is 29.9 Å². The number of hydrogen-bond acceptors (Lipinski definition) is 2. The van der Waals surface area contributed by atoms with Gasteiger partial charge in [0.2, 0.25) is 5.91 Å². The van der Waals surface area contributed by atoms with Crippen molar-refractivity contribution in [3.05, 3.63) is 59.7 Å². The van der Waals surface area contributed by atoms with Gasteiger partial charge in [-0.05, 0) is 43.7 Å². The molecular formula is C18H18N2O2. The first kappa shape index (κ1) is 14.3. The fourth-order valence-electron chi connectivity index (χ4n) is 2.58. The summed E-state index contributed by atoms with van der Waals surface area (Å²) in [6, 6.07) is 14.9. The number of benzene rings is 2. The standard InChI is InChI=1S/C18H18N2O2/c1-13-7-9-15(10-8-13)19-18(22)14-4-2-5-16(12-14)20-11-3-6-17(20)21/h2,4-5,7-10,12H,3,6,11H2,1H3,(H,19,22). The van der Waals surface area contributed by atoms with Gasteiger partial charge in [-0.1, -0.05) is 23.8 Å². The van der Waals surface area contributed by atoms with Crippen LogP contribution in [-0.2, 0) is 4.79 Å². The van der Waals surface area contributed by atoms with Crippen LogP contribution in [0.5, 0.6) is 0 Å². The summed E-state index contributed by atoms with van der Waals surface area (Å²) in [6.07, 6.45) is 1.46. The molecule has 0 saturated carbocycles. The summed E-state index contributed by atoms with van der Waals surface area (Å²) in [5.74, 6) is -0.0477. The lowest BCUT2D eigenvalue weighted by Crippen LogP contribution is -2.24. The molecule has 0 bridgehead atoms. The Morgan fingerprint density at radius 3 is 2.59 bits per heavy atom. The average molecular weight is 294 g/mol. The van der Waals surface area contributed by atoms with Crippen molar-refractivity contribution in [2.75, 3.05) is 16.8 Å². The molecule has 1 aliphatic heterocycles. The lowest BCUT2D eigenvalue weighted by Gasteiger charge is -2.16. The third-order valence-corrected chi connectivity index (χ3v) is 3.80. The van der Waals surface area contributed by atoms with Gasteiger partial charge in [-0.2, -0.15) is 0 Å². The SMILES string of the molecule is Cc1ccc(NC(=O)c2cccc(N3CCCC3=O)c2)cc1. The fraction of sp³-hybridized carbons (Fsp3) is 0.222. The summed E-state index contributed by atoms with van der Waals surface area (Å²) in [5.41, 5.74) is 3.25. The number of carbonyl (C=O) groups excluding carboxylic acids is 2. The highest BCUT2D eigenvalue weighted by atomic mass is 16.2. The van der Waals surface area contributed by atoms with Crippen LogP contribution in [0.1, 0.15) is 28.8 Å². The molecule has 0 aromatic heterocycles. The second-order valence-electron chi connectivity index (χ2n) is 5.52. The van der Waals surface area contributed by atoms with Gasteiger partial charge in [0.05, 0.1) is 0 Å². The Balaban J connectivity index is 1.78. The summed E-state index contributed by atoms with van der Waals surface area (Å²) in [6.45, 7) is 2.73. The van der Waals surface area contributed by atoms with Gasteiger partial charge in [0.1, 0.15) is 0 Å². The Morgan fingerprint density at radius 1 is 1.14 bits per heavy atom. The third-order valence-electron chi connectivity index (χ3n) is 3.80. The Hall–Kier alpha value is -2.62. The molecule has 0 atom stereocenters. The quantitative estimate of drug-likeness (QED) is 0.943. The summed E-state index contributed by atoms with van der Waals surface area (Å²) < 4.78 is 0. The maximum absolute atomic E-state index is 12.3. The first-order chi connectivity index (χ1) is 10.6. The predicted octanol–water partition coefficient (Wildman–Crippen LogP) is 3.37. The van der Waals surface area contributed by atoms with Gasteiger partial charge in [0.15, 0.2) is 0 Å². The molecule has 4 heteroatoms. The van der Waals surface area contributed by atoms with E-state index in [2.05, 4.69) is 5.32 Å². The molecule has 1 N–H and O–H groups in total. The van der Waals surface area contributed by atoms with E-state index in [-0.39, 0.29) is 11.8 Å². The lowest BCUT2D eigenvalue weighted by molar-refractivity contribution is -0.117. The maximum Gasteiger partial charge on any atom is 0.255 e. The van der Waals surface area contributed by atoms with Crippen molar-refractivity contribution in [2.24, 2.45) is 0 Å². The molecule has 2 aromatic rings. The molecule has 2 aromatic carbocycles. The van der Waals surface area contributed by atoms with Gasteiger partial charge >= 0.3 is 0 Å². The van der Waals surface area contributed by atoms with E-state index in [0.717, 1.165) is 29.9 Å². The van der Waals surface area contributed by atoms with Crippen molar-refractivity contribution < 1.29 is 9.59 Å². The van der Waals surface area contributed by atoms with E-state index >= 15 is 0 Å². The van der Waals surface area contributed by atoms with Crippen LogP contribution in [0.15, 0.2) is 48.5 Å². The number of anilines is 2. The lowest BCUT2D eigenvalue weighted by atomic mass is 10.1. The van der Waals surface area contributed by atoms with Crippen molar-refractivity contribution in [1.82, 2.24) is 0 Å². The number of rotatable bonds is 3. The van der Waals surface area contributed by atoms with Crippen molar-refractivity contribution in [3.63, 3.8) is 0 Å². The first-order valence-corrected chi connectivity index (χ1v) is 7.42. The zero-order valence-electron chi connectivity index (χ0n) is 12.5. The molecule has 1 aliphatic rings. The molecule has 112 valence electrons. The van der Waals surface area contributed by atoms with Crippen molar-refractivity contribution >= 4 is 23.2 Å². The van der Waals surface area contributed by atoms with Gasteiger partial charge in [-0.15, -0.1) is 0 Å². The van der Waals surface area contributed by atoms with Crippen LogP contribution in [0.25, 0.3) is 0 Å². The van der Waals surface area contributed by atoms with E-state index < -0.39 is 0 Å². The van der Waals surface area contributed by atoms with Crippen molar-refractivity contribution in [2.45, 2.75) is 19.8 Å². The Bertz CT molecular complexity index is 707. The molecule has 4 nitrogen and oxygen atoms in total. The predicted molar refractivity (Wildman–Crippen MR) is 87.2 cm³/mol. The minimum Gasteiger partial charge on any atom is -0.322 e. The molecule has 0 aliphatic carbocycles. The normalized spacial score (nSPS) is 14.2. The summed E-state index contributed by atoms with van der Waals surface area (Å²) in [5, 5.41) is 2.87. The minimum absolute atomic E-state index is 0.121. The van der Waals surface area contributed by atoms with E-state index in [4.69, 9.17) is 0 Å². The van der Waals surface area contributed by atoms with E-state index in [9.17, 15) is 9.59 Å². The summed E-state index contributed by atoms with van der Waals surface area (Å²) >= 11 is 0. The molecule has 1 heterocycles. The minimum atomic E-state index is -0.169. The third kappa shape index (κ3) is 3.01. The number of nitrogens with zero attached hydrogens (tertiary/aromatic N) is 1. The zero-order valence-corrected chi connectivity index (χ0v) is 12.5. The van der Waals surface area contributed by atoms with Gasteiger partial charge in [0.25, 0.3) is 5.91 Å². The van der Waals surface area contributed by atoms with Crippen LogP contribution in [0.3, 0.4) is 0 Å². The summed E-state index contributed by atoms with van der Waals surface area (Å²) in [4.78, 5) is 25.9. The molecule has 0 spiro atoms. The second-order valence-corrected chi connectivity index (χ2v) is 5.52. The highest BCUT2D eigenvalue weighted by Crippen LogP contribution is 2.22. The van der Waals surface area contributed by atoms with Crippen LogP contribution < -0.4 is 10.2 Å². The highest BCUT2D eigenvalue weighted by molar-refractivity contribution is 6.05. The van der Waals surface area contributed by atoms with Crippen LogP contribution in [0.2, 0.25) is 0 Å². The molecule has 1 fully saturated rings. The second kappa shape index (κ2) is 6.02. The van der Waals surface area contributed by atoms with Crippen LogP contribution in [0.4, 0.5) is 11.4 Å². The van der Waals surface area contributed by atoms with E-state index in [1.54, 1.807) is 17.0 Å².